The van der Waals surface area contributed by atoms with E-state index in [1.807, 2.05) is 13.0 Å². The lowest BCUT2D eigenvalue weighted by Gasteiger charge is -2.24. The Kier molecular flexibility index (Phi) is 4.18. The fraction of sp³-hybridized carbons (Fsp3) is 0.0870. The van der Waals surface area contributed by atoms with Crippen molar-refractivity contribution >= 4 is 34.3 Å². The molecule has 1 atom stereocenters. The van der Waals surface area contributed by atoms with Crippen molar-refractivity contribution in [3.63, 3.8) is 0 Å². The number of benzene rings is 2. The summed E-state index contributed by atoms with van der Waals surface area (Å²) in [6, 6.07) is 14.8. The molecule has 2 aromatic carbocycles. The van der Waals surface area contributed by atoms with Gasteiger partial charge in [0.15, 0.2) is 5.43 Å². The van der Waals surface area contributed by atoms with Crippen molar-refractivity contribution in [2.45, 2.75) is 13.0 Å². The van der Waals surface area contributed by atoms with Gasteiger partial charge in [0.25, 0.3) is 5.91 Å². The predicted molar refractivity (Wildman–Crippen MR) is 112 cm³/mol. The van der Waals surface area contributed by atoms with Crippen LogP contribution in [-0.2, 0) is 0 Å². The van der Waals surface area contributed by atoms with E-state index in [0.717, 1.165) is 0 Å². The summed E-state index contributed by atoms with van der Waals surface area (Å²) in [7, 11) is 0. The number of aryl methyl sites for hydroxylation is 1. The van der Waals surface area contributed by atoms with Crippen LogP contribution in [0.25, 0.3) is 11.0 Å². The number of amides is 1. The summed E-state index contributed by atoms with van der Waals surface area (Å²) in [4.78, 5) is 32.7. The van der Waals surface area contributed by atoms with Crippen LogP contribution >= 0.6 is 11.6 Å². The highest BCUT2D eigenvalue weighted by Gasteiger charge is 2.44. The third-order valence-electron chi connectivity index (χ3n) is 5.14. The average molecular weight is 421 g/mol. The summed E-state index contributed by atoms with van der Waals surface area (Å²) >= 11 is 6.07. The lowest BCUT2D eigenvalue weighted by Crippen LogP contribution is -2.30. The fourth-order valence-corrected chi connectivity index (χ4v) is 3.98. The topological polar surface area (TPSA) is 63.4 Å². The molecule has 0 bridgehead atoms. The molecule has 7 heteroatoms. The SMILES string of the molecule is Cc1cccc(N2C(=O)c3oc4ccc(Cl)cc4c(=O)c3C2c2ccc(F)cc2)n1. The Bertz CT molecular complexity index is 1380. The van der Waals surface area contributed by atoms with Gasteiger partial charge in [0.05, 0.1) is 17.0 Å². The van der Waals surface area contributed by atoms with E-state index in [-0.39, 0.29) is 27.7 Å². The maximum Gasteiger partial charge on any atom is 0.296 e. The molecule has 2 aromatic heterocycles. The van der Waals surface area contributed by atoms with Crippen LogP contribution in [0.2, 0.25) is 5.02 Å². The summed E-state index contributed by atoms with van der Waals surface area (Å²) in [5, 5.41) is 0.662. The molecular weight excluding hydrogens is 407 g/mol. The van der Waals surface area contributed by atoms with Gasteiger partial charge in [-0.15, -0.1) is 0 Å². The number of anilines is 1. The zero-order valence-corrected chi connectivity index (χ0v) is 16.5. The van der Waals surface area contributed by atoms with Gasteiger partial charge in [0.2, 0.25) is 5.76 Å². The zero-order valence-electron chi connectivity index (χ0n) is 15.7. The van der Waals surface area contributed by atoms with E-state index < -0.39 is 17.8 Å². The Labute approximate surface area is 175 Å². The Morgan fingerprint density at radius 1 is 1.07 bits per heavy atom. The number of carbonyl (C=O) groups is 1. The van der Waals surface area contributed by atoms with Crippen molar-refractivity contribution in [3.8, 4) is 0 Å². The van der Waals surface area contributed by atoms with Crippen molar-refractivity contribution < 1.29 is 13.6 Å². The summed E-state index contributed by atoms with van der Waals surface area (Å²) in [6.45, 7) is 1.81. The van der Waals surface area contributed by atoms with Crippen LogP contribution in [0.15, 0.2) is 69.9 Å². The monoisotopic (exact) mass is 420 g/mol. The Hall–Kier alpha value is -3.51. The molecule has 5 nitrogen and oxygen atoms in total. The molecular formula is C23H14ClFN2O3. The normalized spacial score (nSPS) is 15.6. The third-order valence-corrected chi connectivity index (χ3v) is 5.37. The van der Waals surface area contributed by atoms with Crippen molar-refractivity contribution in [2.75, 3.05) is 4.90 Å². The van der Waals surface area contributed by atoms with E-state index in [4.69, 9.17) is 16.0 Å². The number of halogens is 2. The van der Waals surface area contributed by atoms with E-state index in [2.05, 4.69) is 4.98 Å². The summed E-state index contributed by atoms with van der Waals surface area (Å²) in [5.74, 6) is -0.568. The van der Waals surface area contributed by atoms with Gasteiger partial charge in [-0.25, -0.2) is 9.37 Å². The average Bonchev–Trinajstić information content (AvgIpc) is 3.02. The quantitative estimate of drug-likeness (QED) is 0.456. The van der Waals surface area contributed by atoms with Crippen molar-refractivity contribution in [1.29, 1.82) is 0 Å². The first-order valence-electron chi connectivity index (χ1n) is 9.23. The molecule has 1 aliphatic heterocycles. The summed E-state index contributed by atoms with van der Waals surface area (Å²) < 4.78 is 19.4. The highest BCUT2D eigenvalue weighted by Crippen LogP contribution is 2.40. The van der Waals surface area contributed by atoms with Gasteiger partial charge in [0, 0.05) is 10.7 Å². The number of hydrogen-bond acceptors (Lipinski definition) is 4. The number of pyridine rings is 1. The van der Waals surface area contributed by atoms with Crippen LogP contribution in [0.5, 0.6) is 0 Å². The number of fused-ring (bicyclic) bond motifs is 2. The van der Waals surface area contributed by atoms with Crippen LogP contribution in [0, 0.1) is 12.7 Å². The Balaban J connectivity index is 1.83. The summed E-state index contributed by atoms with van der Waals surface area (Å²) in [6.07, 6.45) is 0. The lowest BCUT2D eigenvalue weighted by atomic mass is 9.98. The molecule has 4 aromatic rings. The molecule has 5 rings (SSSR count). The standard InChI is InChI=1S/C23H14ClFN2O3/c1-12-3-2-4-18(26-12)27-20(13-5-8-15(25)9-6-13)19-21(28)16-11-14(24)7-10-17(16)30-22(19)23(27)29/h2-11,20H,1H3. The molecule has 1 unspecified atom stereocenters. The highest BCUT2D eigenvalue weighted by molar-refractivity contribution is 6.31. The Morgan fingerprint density at radius 2 is 1.83 bits per heavy atom. The number of aromatic nitrogens is 1. The minimum absolute atomic E-state index is 0.0487. The van der Waals surface area contributed by atoms with Gasteiger partial charge >= 0.3 is 0 Å². The van der Waals surface area contributed by atoms with Crippen molar-refractivity contribution in [2.24, 2.45) is 0 Å². The molecule has 0 saturated carbocycles. The second kappa shape index (κ2) is 6.78. The number of carbonyl (C=O) groups excluding carboxylic acids is 1. The second-order valence-corrected chi connectivity index (χ2v) is 7.52. The number of hydrogen-bond donors (Lipinski definition) is 0. The minimum atomic E-state index is -0.804. The molecule has 1 aliphatic rings. The van der Waals surface area contributed by atoms with E-state index in [1.54, 1.807) is 36.4 Å². The molecule has 0 radical (unpaired) electrons. The van der Waals surface area contributed by atoms with Gasteiger partial charge < -0.3 is 4.42 Å². The third kappa shape index (κ3) is 2.80. The number of nitrogens with zero attached hydrogens (tertiary/aromatic N) is 2. The highest BCUT2D eigenvalue weighted by atomic mass is 35.5. The number of rotatable bonds is 2. The molecule has 0 N–H and O–H groups in total. The van der Waals surface area contributed by atoms with Gasteiger partial charge in [0.1, 0.15) is 17.2 Å². The molecule has 1 amide bonds. The molecule has 30 heavy (non-hydrogen) atoms. The van der Waals surface area contributed by atoms with Crippen LogP contribution in [-0.4, -0.2) is 10.9 Å². The smallest absolute Gasteiger partial charge is 0.296 e. The largest absolute Gasteiger partial charge is 0.450 e. The predicted octanol–water partition coefficient (Wildman–Crippen LogP) is 5.04. The molecule has 0 fully saturated rings. The van der Waals surface area contributed by atoms with Crippen molar-refractivity contribution in [3.05, 3.63) is 104 Å². The second-order valence-electron chi connectivity index (χ2n) is 7.08. The van der Waals surface area contributed by atoms with E-state index in [9.17, 15) is 14.0 Å². The summed E-state index contributed by atoms with van der Waals surface area (Å²) in [5.41, 5.74) is 1.38. The first-order chi connectivity index (χ1) is 14.4. The molecule has 3 heterocycles. The molecule has 0 spiro atoms. The van der Waals surface area contributed by atoms with Crippen LogP contribution < -0.4 is 10.3 Å². The van der Waals surface area contributed by atoms with Gasteiger partial charge in [-0.05, 0) is 55.0 Å². The van der Waals surface area contributed by atoms with Crippen LogP contribution in [0.4, 0.5) is 10.2 Å². The fourth-order valence-electron chi connectivity index (χ4n) is 3.80. The van der Waals surface area contributed by atoms with Gasteiger partial charge in [-0.3, -0.25) is 14.5 Å². The van der Waals surface area contributed by atoms with Crippen molar-refractivity contribution in [1.82, 2.24) is 4.98 Å². The maximum absolute atomic E-state index is 13.6. The van der Waals surface area contributed by atoms with Gasteiger partial charge in [-0.2, -0.15) is 0 Å². The lowest BCUT2D eigenvalue weighted by molar-refractivity contribution is 0.0970. The molecule has 0 aliphatic carbocycles. The first kappa shape index (κ1) is 18.5. The van der Waals surface area contributed by atoms with E-state index in [1.165, 1.54) is 23.1 Å². The van der Waals surface area contributed by atoms with Gasteiger partial charge in [-0.1, -0.05) is 29.8 Å². The first-order valence-corrected chi connectivity index (χ1v) is 9.61. The zero-order chi connectivity index (χ0) is 21.0. The van der Waals surface area contributed by atoms with Crippen LogP contribution in [0.3, 0.4) is 0 Å². The van der Waals surface area contributed by atoms with E-state index in [0.29, 0.717) is 22.1 Å². The van der Waals surface area contributed by atoms with E-state index >= 15 is 0 Å². The minimum Gasteiger partial charge on any atom is -0.450 e. The Morgan fingerprint density at radius 3 is 2.57 bits per heavy atom. The van der Waals surface area contributed by atoms with Crippen LogP contribution in [0.1, 0.15) is 33.4 Å². The molecule has 148 valence electrons. The molecule has 0 saturated heterocycles. The maximum atomic E-state index is 13.6.